The van der Waals surface area contributed by atoms with E-state index >= 15 is 0 Å². The van der Waals surface area contributed by atoms with E-state index in [2.05, 4.69) is 0 Å². The molecule has 80 valence electrons. The van der Waals surface area contributed by atoms with E-state index in [1.807, 2.05) is 30.3 Å². The first-order valence-electron chi connectivity index (χ1n) is 4.60. The summed E-state index contributed by atoms with van der Waals surface area (Å²) in [6, 6.07) is 9.43. The maximum atomic E-state index is 12.0. The fourth-order valence-electron chi connectivity index (χ4n) is 1.72. The Kier molecular flexibility index (Phi) is 7.69. The molecule has 6 heteroatoms. The molecule has 1 aromatic rings. The molecule has 0 radical (unpaired) electrons. The molecule has 3 atom stereocenters. The summed E-state index contributed by atoms with van der Waals surface area (Å²) < 4.78 is 12.0. The van der Waals surface area contributed by atoms with Crippen molar-refractivity contribution in [1.82, 2.24) is 0 Å². The molecule has 1 heterocycles. The van der Waals surface area contributed by atoms with Crippen LogP contribution in [0.5, 0.6) is 0 Å². The van der Waals surface area contributed by atoms with Crippen molar-refractivity contribution in [3.8, 4) is 0 Å². The van der Waals surface area contributed by atoms with Crippen molar-refractivity contribution in [1.29, 1.82) is 0 Å². The van der Waals surface area contributed by atoms with Crippen LogP contribution in [0.2, 0.25) is 0 Å². The zero-order valence-electron chi connectivity index (χ0n) is 7.71. The Morgan fingerprint density at radius 1 is 1.19 bits per heavy atom. The number of hydrogen-bond acceptors (Lipinski definition) is 3. The molecular weight excluding hydrogens is 245 g/mol. The van der Waals surface area contributed by atoms with Crippen molar-refractivity contribution in [3.05, 3.63) is 35.9 Å². The van der Waals surface area contributed by atoms with Gasteiger partial charge in [-0.3, -0.25) is 0 Å². The van der Waals surface area contributed by atoms with E-state index in [-0.39, 0.29) is 71.4 Å². The summed E-state index contributed by atoms with van der Waals surface area (Å²) >= 11 is 0. The van der Waals surface area contributed by atoms with Crippen LogP contribution in [0.15, 0.2) is 30.3 Å². The van der Waals surface area contributed by atoms with Crippen LogP contribution in [0, 0.1) is 0 Å². The van der Waals surface area contributed by atoms with Gasteiger partial charge in [-0.2, -0.15) is 0 Å². The van der Waals surface area contributed by atoms with Crippen molar-refractivity contribution in [2.75, 3.05) is 6.61 Å². The zero-order valence-corrected chi connectivity index (χ0v) is 8.60. The molecule has 3 nitrogen and oxygen atoms in total. The van der Waals surface area contributed by atoms with Gasteiger partial charge < -0.3 is 14.8 Å². The summed E-state index contributed by atoms with van der Waals surface area (Å²) in [6.07, 6.45) is 0.403. The van der Waals surface area contributed by atoms with Gasteiger partial charge in [-0.15, -0.1) is 0 Å². The van der Waals surface area contributed by atoms with Gasteiger partial charge in [0.05, 0.1) is 12.3 Å². The van der Waals surface area contributed by atoms with Gasteiger partial charge in [0, 0.05) is 6.16 Å². The number of aliphatic hydroxyl groups excluding tert-OH is 2. The summed E-state index contributed by atoms with van der Waals surface area (Å²) in [5.74, 6) is -0.785. The normalized spacial score (nSPS) is 31.1. The number of benzene rings is 1. The predicted molar refractivity (Wildman–Crippen MR) is 68.9 cm³/mol. The summed E-state index contributed by atoms with van der Waals surface area (Å²) in [5.41, 5.74) is 0.577. The van der Waals surface area contributed by atoms with Gasteiger partial charge in [-0.25, -0.2) is 0 Å². The fourth-order valence-corrected chi connectivity index (χ4v) is 4.57. The fraction of sp³-hybridized carbons (Fsp3) is 0.400. The quantitative estimate of drug-likeness (QED) is 0.591. The molecule has 16 heavy (non-hydrogen) atoms. The zero-order chi connectivity index (χ0) is 10.2. The van der Waals surface area contributed by atoms with Crippen molar-refractivity contribution in [2.45, 2.75) is 17.7 Å². The standard InChI is InChI=1S/C10H13O3P.2Na.2H/c11-6-9-10(12)14(9,13)7-8-4-2-1-3-5-8;;;;/h1-5,9-12H,6-7H2;;;;. The molecule has 2 N–H and O–H groups in total. The predicted octanol–water partition coefficient (Wildman–Crippen LogP) is -0.0544. The van der Waals surface area contributed by atoms with Crippen LogP contribution in [0.1, 0.15) is 5.56 Å². The van der Waals surface area contributed by atoms with Gasteiger partial charge in [0.15, 0.2) is 0 Å². The van der Waals surface area contributed by atoms with Gasteiger partial charge in [0.25, 0.3) is 0 Å². The molecular formula is C10H15Na2O3P. The number of hydrogen-bond donors (Lipinski definition) is 2. The van der Waals surface area contributed by atoms with E-state index in [4.69, 9.17) is 5.11 Å². The SMILES string of the molecule is O=P1(Cc2ccccc2)C(O)C1CO.[NaH].[NaH]. The van der Waals surface area contributed by atoms with Crippen molar-refractivity contribution < 1.29 is 14.8 Å². The minimum absolute atomic E-state index is 0. The van der Waals surface area contributed by atoms with Crippen LogP contribution >= 0.6 is 7.14 Å². The molecule has 1 aliphatic heterocycles. The summed E-state index contributed by atoms with van der Waals surface area (Å²) in [4.78, 5) is 0. The number of aliphatic hydroxyl groups is 2. The average molecular weight is 260 g/mol. The van der Waals surface area contributed by atoms with Crippen molar-refractivity contribution in [2.24, 2.45) is 0 Å². The Morgan fingerprint density at radius 3 is 2.19 bits per heavy atom. The minimum atomic E-state index is -2.53. The van der Waals surface area contributed by atoms with Crippen LogP contribution in [-0.4, -0.2) is 87.4 Å². The van der Waals surface area contributed by atoms with E-state index in [0.717, 1.165) is 5.56 Å². The van der Waals surface area contributed by atoms with E-state index in [9.17, 15) is 9.67 Å². The van der Waals surface area contributed by atoms with Crippen LogP contribution in [0.4, 0.5) is 0 Å². The van der Waals surface area contributed by atoms with E-state index < -0.39 is 13.0 Å². The molecule has 0 bridgehead atoms. The Morgan fingerprint density at radius 2 is 1.75 bits per heavy atom. The molecule has 3 unspecified atom stereocenters. The van der Waals surface area contributed by atoms with E-state index in [0.29, 0.717) is 6.16 Å². The van der Waals surface area contributed by atoms with Gasteiger partial charge in [-0.05, 0) is 5.56 Å². The molecule has 1 saturated heterocycles. The molecule has 1 aromatic carbocycles. The first-order chi connectivity index (χ1) is 6.68. The summed E-state index contributed by atoms with van der Waals surface area (Å²) in [5, 5.41) is 18.2. The molecule has 0 aromatic heterocycles. The molecule has 0 aliphatic carbocycles. The summed E-state index contributed by atoms with van der Waals surface area (Å²) in [6.45, 7) is -0.175. The van der Waals surface area contributed by atoms with Gasteiger partial charge in [-0.1, -0.05) is 30.3 Å². The second-order valence-corrected chi connectivity index (χ2v) is 6.88. The van der Waals surface area contributed by atoms with Crippen molar-refractivity contribution >= 4 is 66.3 Å². The molecule has 0 saturated carbocycles. The van der Waals surface area contributed by atoms with Gasteiger partial charge >= 0.3 is 59.1 Å². The van der Waals surface area contributed by atoms with Crippen LogP contribution in [0.3, 0.4) is 0 Å². The first kappa shape index (κ1) is 17.4. The van der Waals surface area contributed by atoms with Gasteiger partial charge in [0.2, 0.25) is 0 Å². The summed E-state index contributed by atoms with van der Waals surface area (Å²) in [7, 11) is -2.53. The molecule has 1 aliphatic rings. The third kappa shape index (κ3) is 3.44. The van der Waals surface area contributed by atoms with Crippen LogP contribution in [0.25, 0.3) is 0 Å². The number of rotatable bonds is 3. The van der Waals surface area contributed by atoms with Gasteiger partial charge in [0.1, 0.15) is 13.0 Å². The third-order valence-electron chi connectivity index (χ3n) is 2.72. The van der Waals surface area contributed by atoms with Crippen LogP contribution < -0.4 is 0 Å². The molecule has 2 rings (SSSR count). The van der Waals surface area contributed by atoms with E-state index in [1.54, 1.807) is 0 Å². The molecule has 0 spiro atoms. The Bertz CT molecular complexity index is 372. The third-order valence-corrected chi connectivity index (χ3v) is 6.06. The monoisotopic (exact) mass is 260 g/mol. The Balaban J connectivity index is 0.00000112. The first-order valence-corrected chi connectivity index (χ1v) is 6.63. The maximum absolute atomic E-state index is 12.0. The second kappa shape index (κ2) is 7.08. The Labute approximate surface area is 140 Å². The van der Waals surface area contributed by atoms with Crippen LogP contribution in [-0.2, 0) is 10.7 Å². The average Bonchev–Trinajstić information content (AvgIpc) is 2.69. The topological polar surface area (TPSA) is 57.5 Å². The van der Waals surface area contributed by atoms with E-state index in [1.165, 1.54) is 0 Å². The molecule has 0 amide bonds. The Hall–Kier alpha value is 1.37. The molecule has 1 fully saturated rings. The van der Waals surface area contributed by atoms with Crippen molar-refractivity contribution in [3.63, 3.8) is 0 Å². The second-order valence-electron chi connectivity index (χ2n) is 3.66.